The molecule has 1 aliphatic heterocycles. The maximum absolute atomic E-state index is 12.4. The molecule has 5 heteroatoms. The Hall–Kier alpha value is -2.14. The van der Waals surface area contributed by atoms with Crippen LogP contribution in [0, 0.1) is 0 Å². The van der Waals surface area contributed by atoms with Crippen molar-refractivity contribution >= 4 is 16.9 Å². The van der Waals surface area contributed by atoms with Crippen LogP contribution in [-0.2, 0) is 0 Å². The van der Waals surface area contributed by atoms with Gasteiger partial charge in [-0.05, 0) is 25.0 Å². The Labute approximate surface area is 116 Å². The first-order chi connectivity index (χ1) is 9.65. The quantitative estimate of drug-likeness (QED) is 0.795. The molecule has 1 aromatic carbocycles. The first-order valence-corrected chi connectivity index (χ1v) is 6.73. The van der Waals surface area contributed by atoms with Crippen molar-refractivity contribution in [2.45, 2.75) is 18.9 Å². The summed E-state index contributed by atoms with van der Waals surface area (Å²) in [5.41, 5.74) is 5.86. The largest absolute Gasteiger partial charge is 0.422 e. The number of amides is 1. The van der Waals surface area contributed by atoms with E-state index in [2.05, 4.69) is 0 Å². The molecule has 5 nitrogen and oxygen atoms in total. The molecule has 1 amide bonds. The van der Waals surface area contributed by atoms with Crippen LogP contribution < -0.4 is 11.4 Å². The molecule has 0 spiro atoms. The second kappa shape index (κ2) is 5.09. The average molecular weight is 272 g/mol. The van der Waals surface area contributed by atoms with Crippen molar-refractivity contribution in [1.29, 1.82) is 0 Å². The Morgan fingerprint density at radius 3 is 2.95 bits per heavy atom. The number of carbonyl (C=O) groups is 1. The minimum Gasteiger partial charge on any atom is -0.422 e. The summed E-state index contributed by atoms with van der Waals surface area (Å²) in [6.45, 7) is 1.13. The second-order valence-corrected chi connectivity index (χ2v) is 5.14. The lowest BCUT2D eigenvalue weighted by molar-refractivity contribution is 0.0704. The number of likely N-dealkylation sites (tertiary alicyclic amines) is 1. The zero-order valence-corrected chi connectivity index (χ0v) is 11.0. The highest BCUT2D eigenvalue weighted by Crippen LogP contribution is 2.16. The zero-order chi connectivity index (χ0) is 14.1. The highest BCUT2D eigenvalue weighted by molar-refractivity contribution is 5.96. The van der Waals surface area contributed by atoms with Crippen molar-refractivity contribution in [3.05, 3.63) is 46.3 Å². The van der Waals surface area contributed by atoms with E-state index in [9.17, 15) is 9.59 Å². The Morgan fingerprint density at radius 2 is 2.15 bits per heavy atom. The van der Waals surface area contributed by atoms with Gasteiger partial charge in [0.2, 0.25) is 0 Å². The van der Waals surface area contributed by atoms with E-state index >= 15 is 0 Å². The monoisotopic (exact) mass is 272 g/mol. The summed E-state index contributed by atoms with van der Waals surface area (Å²) in [6.07, 6.45) is 1.78. The van der Waals surface area contributed by atoms with E-state index in [0.717, 1.165) is 18.2 Å². The Bertz CT molecular complexity index is 708. The second-order valence-electron chi connectivity index (χ2n) is 5.14. The molecule has 104 valence electrons. The van der Waals surface area contributed by atoms with Gasteiger partial charge >= 0.3 is 5.63 Å². The molecule has 2 aromatic rings. The summed E-state index contributed by atoms with van der Waals surface area (Å²) in [5, 5.41) is 0.747. The van der Waals surface area contributed by atoms with E-state index in [0.29, 0.717) is 18.7 Å². The average Bonchev–Trinajstić information content (AvgIpc) is 2.46. The molecule has 0 unspecified atom stereocenters. The molecule has 0 bridgehead atoms. The molecule has 0 saturated carbocycles. The Kier molecular flexibility index (Phi) is 3.28. The summed E-state index contributed by atoms with van der Waals surface area (Å²) in [5.74, 6) is -0.292. The summed E-state index contributed by atoms with van der Waals surface area (Å²) in [4.78, 5) is 26.0. The van der Waals surface area contributed by atoms with Crippen LogP contribution in [-0.4, -0.2) is 29.9 Å². The van der Waals surface area contributed by atoms with Gasteiger partial charge in [-0.2, -0.15) is 0 Å². The number of benzene rings is 1. The molecule has 2 heterocycles. The molecule has 2 N–H and O–H groups in total. The van der Waals surface area contributed by atoms with E-state index in [-0.39, 0.29) is 17.5 Å². The maximum Gasteiger partial charge on any atom is 0.349 e. The maximum atomic E-state index is 12.4. The van der Waals surface area contributed by atoms with Crippen LogP contribution in [0.2, 0.25) is 0 Å². The molecule has 1 aromatic heterocycles. The molecule has 1 atom stereocenters. The topological polar surface area (TPSA) is 76.5 Å². The fraction of sp³-hybridized carbons (Fsp3) is 0.333. The van der Waals surface area contributed by atoms with Gasteiger partial charge in [0.15, 0.2) is 0 Å². The Balaban J connectivity index is 1.98. The highest BCUT2D eigenvalue weighted by atomic mass is 16.4. The molecular weight excluding hydrogens is 256 g/mol. The summed E-state index contributed by atoms with van der Waals surface area (Å²) < 4.78 is 5.20. The minimum absolute atomic E-state index is 0.0137. The SMILES string of the molecule is N[C@@H]1CCCN(C(=O)c2cc3ccccc3oc2=O)C1. The molecule has 1 fully saturated rings. The van der Waals surface area contributed by atoms with Crippen molar-refractivity contribution in [2.75, 3.05) is 13.1 Å². The van der Waals surface area contributed by atoms with E-state index in [1.54, 1.807) is 23.1 Å². The van der Waals surface area contributed by atoms with Crippen LogP contribution in [0.15, 0.2) is 39.5 Å². The van der Waals surface area contributed by atoms with Gasteiger partial charge in [0.05, 0.1) is 0 Å². The van der Waals surface area contributed by atoms with Gasteiger partial charge in [0, 0.05) is 24.5 Å². The number of rotatable bonds is 1. The molecule has 0 aliphatic carbocycles. The van der Waals surface area contributed by atoms with Crippen LogP contribution in [0.5, 0.6) is 0 Å². The third-order valence-electron chi connectivity index (χ3n) is 3.62. The van der Waals surface area contributed by atoms with E-state index < -0.39 is 5.63 Å². The molecular formula is C15H16N2O3. The van der Waals surface area contributed by atoms with Crippen molar-refractivity contribution in [2.24, 2.45) is 5.73 Å². The van der Waals surface area contributed by atoms with E-state index in [4.69, 9.17) is 10.2 Å². The van der Waals surface area contributed by atoms with Gasteiger partial charge in [-0.15, -0.1) is 0 Å². The first-order valence-electron chi connectivity index (χ1n) is 6.73. The van der Waals surface area contributed by atoms with Crippen molar-refractivity contribution < 1.29 is 9.21 Å². The van der Waals surface area contributed by atoms with Crippen LogP contribution in [0.3, 0.4) is 0 Å². The predicted molar refractivity (Wildman–Crippen MR) is 75.6 cm³/mol. The van der Waals surface area contributed by atoms with Crippen LogP contribution in [0.25, 0.3) is 11.0 Å². The van der Waals surface area contributed by atoms with Crippen LogP contribution in [0.1, 0.15) is 23.2 Å². The number of nitrogens with two attached hydrogens (primary N) is 1. The van der Waals surface area contributed by atoms with Gasteiger partial charge < -0.3 is 15.1 Å². The van der Waals surface area contributed by atoms with Gasteiger partial charge in [0.25, 0.3) is 5.91 Å². The fourth-order valence-corrected chi connectivity index (χ4v) is 2.58. The molecule has 1 saturated heterocycles. The fourth-order valence-electron chi connectivity index (χ4n) is 2.58. The number of nitrogens with zero attached hydrogens (tertiary/aromatic N) is 1. The smallest absolute Gasteiger partial charge is 0.349 e. The minimum atomic E-state index is -0.590. The first kappa shape index (κ1) is 12.9. The number of fused-ring (bicyclic) bond motifs is 1. The number of para-hydroxylation sites is 1. The van der Waals surface area contributed by atoms with Crippen molar-refractivity contribution in [3.8, 4) is 0 Å². The van der Waals surface area contributed by atoms with Crippen LogP contribution in [0.4, 0.5) is 0 Å². The molecule has 1 aliphatic rings. The predicted octanol–water partition coefficient (Wildman–Crippen LogP) is 1.36. The number of piperidine rings is 1. The number of hydrogen-bond donors (Lipinski definition) is 1. The number of carbonyl (C=O) groups excluding carboxylic acids is 1. The summed E-state index contributed by atoms with van der Waals surface area (Å²) in [6, 6.07) is 8.74. The highest BCUT2D eigenvalue weighted by Gasteiger charge is 2.25. The Morgan fingerprint density at radius 1 is 1.35 bits per heavy atom. The van der Waals surface area contributed by atoms with Gasteiger partial charge in [0.1, 0.15) is 11.1 Å². The normalized spacial score (nSPS) is 19.2. The molecule has 0 radical (unpaired) electrons. The van der Waals surface area contributed by atoms with Gasteiger partial charge in [-0.1, -0.05) is 18.2 Å². The summed E-state index contributed by atoms with van der Waals surface area (Å²) in [7, 11) is 0. The zero-order valence-electron chi connectivity index (χ0n) is 11.0. The lowest BCUT2D eigenvalue weighted by atomic mass is 10.1. The van der Waals surface area contributed by atoms with E-state index in [1.807, 2.05) is 12.1 Å². The molecule has 3 rings (SSSR count). The van der Waals surface area contributed by atoms with E-state index in [1.165, 1.54) is 0 Å². The van der Waals surface area contributed by atoms with Gasteiger partial charge in [-0.3, -0.25) is 4.79 Å². The lowest BCUT2D eigenvalue weighted by Gasteiger charge is -2.30. The van der Waals surface area contributed by atoms with Crippen molar-refractivity contribution in [1.82, 2.24) is 4.90 Å². The van der Waals surface area contributed by atoms with Crippen molar-refractivity contribution in [3.63, 3.8) is 0 Å². The number of hydrogen-bond acceptors (Lipinski definition) is 4. The standard InChI is InChI=1S/C15H16N2O3/c16-11-5-3-7-17(9-11)14(18)12-8-10-4-1-2-6-13(10)20-15(12)19/h1-2,4,6,8,11H,3,5,7,9,16H2/t11-/m1/s1. The molecule has 20 heavy (non-hydrogen) atoms. The summed E-state index contributed by atoms with van der Waals surface area (Å²) >= 11 is 0. The third kappa shape index (κ3) is 2.32. The third-order valence-corrected chi connectivity index (χ3v) is 3.62. The lowest BCUT2D eigenvalue weighted by Crippen LogP contribution is -2.46. The van der Waals surface area contributed by atoms with Crippen LogP contribution >= 0.6 is 0 Å². The van der Waals surface area contributed by atoms with Gasteiger partial charge in [-0.25, -0.2) is 4.79 Å².